The van der Waals surface area contributed by atoms with E-state index in [1.165, 1.54) is 4.31 Å². The van der Waals surface area contributed by atoms with E-state index in [1.807, 2.05) is 6.08 Å². The van der Waals surface area contributed by atoms with Gasteiger partial charge in [0.1, 0.15) is 0 Å². The van der Waals surface area contributed by atoms with Gasteiger partial charge in [-0.15, -0.1) is 0 Å². The summed E-state index contributed by atoms with van der Waals surface area (Å²) in [5.74, 6) is 0. The van der Waals surface area contributed by atoms with E-state index in [0.29, 0.717) is 11.4 Å². The van der Waals surface area contributed by atoms with Crippen LogP contribution in [0.1, 0.15) is 0 Å². The maximum atomic E-state index is 12.0. The largest absolute Gasteiger partial charge is 0.270 e. The molecule has 1 heterocycles. The molecule has 0 aromatic heterocycles. The first-order valence-electron chi connectivity index (χ1n) is 4.61. The molecule has 4 heteroatoms. The summed E-state index contributed by atoms with van der Waals surface area (Å²) in [5.41, 5.74) is 0. The lowest BCUT2D eigenvalue weighted by molar-refractivity contribution is 0.520. The van der Waals surface area contributed by atoms with Crippen molar-refractivity contribution in [3.63, 3.8) is 0 Å². The normalized spacial score (nSPS) is 15.6. The van der Waals surface area contributed by atoms with Gasteiger partial charge < -0.3 is 0 Å². The third kappa shape index (κ3) is 1.94. The minimum Gasteiger partial charge on any atom is -0.270 e. The van der Waals surface area contributed by atoms with Gasteiger partial charge in [-0.1, -0.05) is 30.4 Å². The zero-order chi connectivity index (χ0) is 10.7. The second-order valence-electron chi connectivity index (χ2n) is 3.16. The molecule has 1 aliphatic rings. The van der Waals surface area contributed by atoms with Crippen molar-refractivity contribution in [1.29, 1.82) is 0 Å². The van der Waals surface area contributed by atoms with Gasteiger partial charge in [0, 0.05) is 6.20 Å². The van der Waals surface area contributed by atoms with Crippen LogP contribution in [-0.4, -0.2) is 19.3 Å². The Morgan fingerprint density at radius 1 is 1.07 bits per heavy atom. The van der Waals surface area contributed by atoms with E-state index in [9.17, 15) is 8.42 Å². The molecular weight excluding hydrogens is 210 g/mol. The highest BCUT2D eigenvalue weighted by Crippen LogP contribution is 2.16. The van der Waals surface area contributed by atoms with E-state index in [1.54, 1.807) is 48.7 Å². The molecule has 0 spiro atoms. The maximum absolute atomic E-state index is 12.0. The molecule has 0 saturated carbocycles. The van der Waals surface area contributed by atoms with Gasteiger partial charge in [-0.05, 0) is 18.2 Å². The molecule has 15 heavy (non-hydrogen) atoms. The fourth-order valence-corrected chi connectivity index (χ4v) is 2.64. The van der Waals surface area contributed by atoms with Gasteiger partial charge in [-0.25, -0.2) is 8.42 Å². The Balaban J connectivity index is 2.36. The van der Waals surface area contributed by atoms with E-state index >= 15 is 0 Å². The number of allylic oxidation sites excluding steroid dienone is 2. The summed E-state index contributed by atoms with van der Waals surface area (Å²) >= 11 is 0. The van der Waals surface area contributed by atoms with Gasteiger partial charge in [-0.3, -0.25) is 4.31 Å². The van der Waals surface area contributed by atoms with E-state index < -0.39 is 10.0 Å². The molecule has 0 N–H and O–H groups in total. The highest BCUT2D eigenvalue weighted by molar-refractivity contribution is 7.89. The van der Waals surface area contributed by atoms with E-state index in [0.717, 1.165) is 0 Å². The number of sulfonamides is 1. The third-order valence-electron chi connectivity index (χ3n) is 2.13. The monoisotopic (exact) mass is 221 g/mol. The summed E-state index contributed by atoms with van der Waals surface area (Å²) in [6, 6.07) is 8.43. The summed E-state index contributed by atoms with van der Waals surface area (Å²) in [6.45, 7) is 0.397. The predicted octanol–water partition coefficient (Wildman–Crippen LogP) is 1.76. The zero-order valence-corrected chi connectivity index (χ0v) is 8.89. The molecule has 0 atom stereocenters. The van der Waals surface area contributed by atoms with Crippen LogP contribution in [-0.2, 0) is 10.0 Å². The van der Waals surface area contributed by atoms with Crippen molar-refractivity contribution in [2.24, 2.45) is 0 Å². The van der Waals surface area contributed by atoms with Gasteiger partial charge in [0.25, 0.3) is 10.0 Å². The third-order valence-corrected chi connectivity index (χ3v) is 3.89. The highest BCUT2D eigenvalue weighted by Gasteiger charge is 2.20. The SMILES string of the molecule is O=S(=O)(c1ccccc1)N1C=CC=CC1. The maximum Gasteiger partial charge on any atom is 0.264 e. The predicted molar refractivity (Wildman–Crippen MR) is 58.6 cm³/mol. The number of rotatable bonds is 2. The van der Waals surface area contributed by atoms with Crippen LogP contribution in [0.25, 0.3) is 0 Å². The van der Waals surface area contributed by atoms with Crippen LogP contribution >= 0.6 is 0 Å². The standard InChI is InChI=1S/C11H11NO2S/c13-15(14,11-7-3-1-4-8-11)12-9-5-2-6-10-12/h1-9H,10H2. The Bertz CT molecular complexity index is 489. The van der Waals surface area contributed by atoms with Crippen LogP contribution in [0, 0.1) is 0 Å². The lowest BCUT2D eigenvalue weighted by atomic mass is 10.4. The molecule has 0 unspecified atom stereocenters. The minimum atomic E-state index is -3.37. The van der Waals surface area contributed by atoms with Crippen LogP contribution in [0.15, 0.2) is 59.7 Å². The quantitative estimate of drug-likeness (QED) is 0.763. The molecule has 78 valence electrons. The van der Waals surface area contributed by atoms with Crippen LogP contribution in [0.5, 0.6) is 0 Å². The minimum absolute atomic E-state index is 0.324. The fraction of sp³-hybridized carbons (Fsp3) is 0.0909. The molecular formula is C11H11NO2S. The van der Waals surface area contributed by atoms with Crippen molar-refractivity contribution in [2.75, 3.05) is 6.54 Å². The van der Waals surface area contributed by atoms with Crippen molar-refractivity contribution >= 4 is 10.0 Å². The number of hydrogen-bond acceptors (Lipinski definition) is 2. The lowest BCUT2D eigenvalue weighted by Gasteiger charge is -2.20. The zero-order valence-electron chi connectivity index (χ0n) is 8.08. The molecule has 0 bridgehead atoms. The first-order chi connectivity index (χ1) is 7.21. The molecule has 0 fully saturated rings. The van der Waals surface area contributed by atoms with Crippen molar-refractivity contribution in [3.8, 4) is 0 Å². The summed E-state index contributed by atoms with van der Waals surface area (Å²) < 4.78 is 25.4. The van der Waals surface area contributed by atoms with E-state index in [2.05, 4.69) is 0 Å². The Morgan fingerprint density at radius 3 is 2.40 bits per heavy atom. The highest BCUT2D eigenvalue weighted by atomic mass is 32.2. The molecule has 1 aliphatic heterocycles. The Morgan fingerprint density at radius 2 is 1.80 bits per heavy atom. The molecule has 1 aromatic rings. The average Bonchev–Trinajstić information content (AvgIpc) is 2.31. The summed E-state index contributed by atoms with van der Waals surface area (Å²) in [4.78, 5) is 0.324. The molecule has 0 aliphatic carbocycles. The van der Waals surface area contributed by atoms with E-state index in [-0.39, 0.29) is 0 Å². The van der Waals surface area contributed by atoms with Crippen molar-refractivity contribution in [1.82, 2.24) is 4.31 Å². The Kier molecular flexibility index (Phi) is 2.60. The Hall–Kier alpha value is -1.55. The number of hydrogen-bond donors (Lipinski definition) is 0. The molecule has 1 aromatic carbocycles. The van der Waals surface area contributed by atoms with Crippen LogP contribution in [0.4, 0.5) is 0 Å². The summed E-state index contributed by atoms with van der Waals surface area (Å²) in [7, 11) is -3.37. The van der Waals surface area contributed by atoms with Gasteiger partial charge in [0.15, 0.2) is 0 Å². The summed E-state index contributed by atoms with van der Waals surface area (Å²) in [5, 5.41) is 0. The second kappa shape index (κ2) is 3.90. The van der Waals surface area contributed by atoms with Gasteiger partial charge in [-0.2, -0.15) is 0 Å². The topological polar surface area (TPSA) is 37.4 Å². The molecule has 0 saturated heterocycles. The van der Waals surface area contributed by atoms with Crippen LogP contribution in [0.2, 0.25) is 0 Å². The number of nitrogens with zero attached hydrogens (tertiary/aromatic N) is 1. The fourth-order valence-electron chi connectivity index (χ4n) is 1.36. The van der Waals surface area contributed by atoms with Crippen LogP contribution < -0.4 is 0 Å². The van der Waals surface area contributed by atoms with Gasteiger partial charge in [0.2, 0.25) is 0 Å². The number of benzene rings is 1. The lowest BCUT2D eigenvalue weighted by Crippen LogP contribution is -2.27. The van der Waals surface area contributed by atoms with Crippen molar-refractivity contribution in [2.45, 2.75) is 4.90 Å². The summed E-state index contributed by atoms with van der Waals surface area (Å²) in [6.07, 6.45) is 6.92. The second-order valence-corrected chi connectivity index (χ2v) is 5.05. The van der Waals surface area contributed by atoms with E-state index in [4.69, 9.17) is 0 Å². The van der Waals surface area contributed by atoms with Gasteiger partial charge in [0.05, 0.1) is 11.4 Å². The molecule has 3 nitrogen and oxygen atoms in total. The van der Waals surface area contributed by atoms with Gasteiger partial charge >= 0.3 is 0 Å². The Labute approximate surface area is 89.4 Å². The molecule has 0 radical (unpaired) electrons. The van der Waals surface area contributed by atoms with Crippen molar-refractivity contribution < 1.29 is 8.42 Å². The van der Waals surface area contributed by atoms with Crippen LogP contribution in [0.3, 0.4) is 0 Å². The smallest absolute Gasteiger partial charge is 0.264 e. The van der Waals surface area contributed by atoms with Crippen molar-refractivity contribution in [3.05, 3.63) is 54.8 Å². The molecule has 2 rings (SSSR count). The first kappa shape index (κ1) is 9.98. The first-order valence-corrected chi connectivity index (χ1v) is 6.05. The average molecular weight is 221 g/mol. The molecule has 0 amide bonds.